The molecule has 9 aromatic carbocycles. The van der Waals surface area contributed by atoms with Crippen molar-refractivity contribution in [3.05, 3.63) is 283 Å². The van der Waals surface area contributed by atoms with Gasteiger partial charge in [-0.1, -0.05) is 109 Å². The number of aliphatic hydroxyl groups excluding tert-OH is 1. The molecule has 0 spiro atoms. The van der Waals surface area contributed by atoms with Crippen molar-refractivity contribution in [2.75, 3.05) is 110 Å². The second kappa shape index (κ2) is 42.7. The first-order chi connectivity index (χ1) is 58.5. The Morgan fingerprint density at radius 2 is 0.736 bits per heavy atom. The lowest BCUT2D eigenvalue weighted by atomic mass is 10.00. The Balaban J connectivity index is 0.000000178. The predicted octanol–water partition coefficient (Wildman–Crippen LogP) is 17.0. The SMILES string of the molecule is COc1cc(/C=C2/C(C)=C(CC(=O)NCc3ccccc3)c3cc(F)ccc32)cc(OC)c1OCC(=O)OC1CCN(C)CC1.COc1cc(/C=C2/C(C)=C(CC(=O)NCc3ccccc3)c3cc(F)ccc32)cc(OC)c1OCCN(C)C.COc1cc(/C=C2/C(C)=C(CC(=O)NCc3ccccc3)c3cc(F)ccc32)cc(OC)c1OCCO. The van der Waals surface area contributed by atoms with Crippen LogP contribution >= 0.6 is 0 Å². The minimum Gasteiger partial charge on any atom is -0.493 e. The standard InChI is InChI=1S/C36H39FN2O6.C32H35FN2O4.C30H30FNO5/c1-23-29(28-11-10-26(37)19-31(28)30(23)20-34(40)38-21-24-8-6-5-7-9-24)16-25-17-32(42-3)36(33(18-25)43-4)44-22-35(41)45-27-12-14-39(2)15-13-27;1-21-26(15-23-16-29(37-4)32(30(17-23)38-5)39-14-13-35(2)3)25-12-11-24(33)18-28(25)27(21)19-31(36)34-20-22-9-7-6-8-10-22;1-19-24(13-21-14-27(35-2)30(37-12-11-33)28(15-21)36-3)23-10-9-22(31)16-26(23)25(19)17-29(34)32-18-20-7-5-4-6-8-20/h5-11,16-19,27H,12-15,20-22H2,1-4H3,(H,38,40);6-12,15-18H,13-14,19-20H2,1-5H3,(H,34,36);4-10,13-16,33H,11-12,17-18H2,1-3H3,(H,32,34)/b29-16-;26-15-;24-13-. The van der Waals surface area contributed by atoms with Crippen molar-refractivity contribution >= 4 is 75.4 Å². The summed E-state index contributed by atoms with van der Waals surface area (Å²) in [6.45, 7) is 9.79. The molecule has 121 heavy (non-hydrogen) atoms. The Morgan fingerprint density at radius 3 is 1.03 bits per heavy atom. The molecule has 0 aromatic heterocycles. The number of nitrogens with zero attached hydrogens (tertiary/aromatic N) is 2. The van der Waals surface area contributed by atoms with Gasteiger partial charge < -0.3 is 78.2 Å². The van der Waals surface area contributed by atoms with E-state index in [4.69, 9.17) is 52.5 Å². The fourth-order valence-electron chi connectivity index (χ4n) is 14.8. The predicted molar refractivity (Wildman–Crippen MR) is 467 cm³/mol. The molecule has 9 aromatic rings. The maximum atomic E-state index is 14.4. The number of likely N-dealkylation sites (tertiary alicyclic amines) is 1. The second-order valence-electron chi connectivity index (χ2n) is 29.6. The van der Waals surface area contributed by atoms with Crippen molar-refractivity contribution in [3.8, 4) is 51.7 Å². The van der Waals surface area contributed by atoms with Crippen LogP contribution in [-0.4, -0.2) is 155 Å². The van der Waals surface area contributed by atoms with E-state index in [0.29, 0.717) is 89.1 Å². The average molecular weight is 1650 g/mol. The smallest absolute Gasteiger partial charge is 0.344 e. The highest BCUT2D eigenvalue weighted by molar-refractivity contribution is 6.11. The van der Waals surface area contributed by atoms with Crippen LogP contribution in [0.2, 0.25) is 0 Å². The molecule has 632 valence electrons. The Hall–Kier alpha value is -12.8. The molecular formula is C98H104F3N5O15. The molecule has 23 heteroatoms. The van der Waals surface area contributed by atoms with Crippen LogP contribution in [0, 0.1) is 17.5 Å². The van der Waals surface area contributed by atoms with Gasteiger partial charge >= 0.3 is 5.97 Å². The molecule has 3 amide bonds. The lowest BCUT2D eigenvalue weighted by molar-refractivity contribution is -0.153. The number of nitrogens with one attached hydrogen (secondary N) is 3. The topological polar surface area (TPSA) is 223 Å². The maximum Gasteiger partial charge on any atom is 0.344 e. The van der Waals surface area contributed by atoms with Gasteiger partial charge in [0.05, 0.1) is 68.5 Å². The number of amides is 3. The Labute approximate surface area is 705 Å². The quantitative estimate of drug-likeness (QED) is 0.0288. The largest absolute Gasteiger partial charge is 0.493 e. The zero-order chi connectivity index (χ0) is 86.2. The molecule has 0 atom stereocenters. The van der Waals surface area contributed by atoms with Gasteiger partial charge in [-0.3, -0.25) is 14.4 Å². The molecule has 4 N–H and O–H groups in total. The summed E-state index contributed by atoms with van der Waals surface area (Å²) in [6, 6.07) is 54.1. The van der Waals surface area contributed by atoms with Gasteiger partial charge in [-0.25, -0.2) is 18.0 Å². The van der Waals surface area contributed by atoms with Crippen LogP contribution in [0.1, 0.15) is 120 Å². The van der Waals surface area contributed by atoms with E-state index in [1.54, 1.807) is 44.6 Å². The zero-order valence-corrected chi connectivity index (χ0v) is 70.4. The molecule has 0 unspecified atom stereocenters. The van der Waals surface area contributed by atoms with Gasteiger partial charge in [0.1, 0.15) is 36.8 Å². The summed E-state index contributed by atoms with van der Waals surface area (Å²) < 4.78 is 99.6. The van der Waals surface area contributed by atoms with Crippen LogP contribution in [0.5, 0.6) is 51.7 Å². The average Bonchev–Trinajstić information content (AvgIpc) is 1.63. The summed E-state index contributed by atoms with van der Waals surface area (Å²) in [5.74, 6) is 2.10. The number of carbonyl (C=O) groups is 4. The van der Waals surface area contributed by atoms with Crippen LogP contribution in [0.3, 0.4) is 0 Å². The number of carbonyl (C=O) groups excluding carboxylic acids is 4. The van der Waals surface area contributed by atoms with Gasteiger partial charge in [0.2, 0.25) is 35.0 Å². The van der Waals surface area contributed by atoms with Crippen molar-refractivity contribution in [2.45, 2.75) is 78.6 Å². The molecule has 4 aliphatic rings. The van der Waals surface area contributed by atoms with Crippen molar-refractivity contribution in [2.24, 2.45) is 0 Å². The first-order valence-corrected chi connectivity index (χ1v) is 39.9. The van der Waals surface area contributed by atoms with Crippen LogP contribution in [0.15, 0.2) is 199 Å². The second-order valence-corrected chi connectivity index (χ2v) is 29.6. The number of hydrogen-bond donors (Lipinski definition) is 4. The summed E-state index contributed by atoms with van der Waals surface area (Å²) in [6.07, 6.45) is 7.78. The minimum atomic E-state index is -0.448. The number of piperidine rings is 1. The Morgan fingerprint density at radius 1 is 0.430 bits per heavy atom. The van der Waals surface area contributed by atoms with Crippen LogP contribution < -0.4 is 58.6 Å². The number of ether oxygens (including phenoxy) is 10. The van der Waals surface area contributed by atoms with Crippen LogP contribution in [0.4, 0.5) is 13.2 Å². The highest BCUT2D eigenvalue weighted by Crippen LogP contribution is 2.50. The zero-order valence-electron chi connectivity index (χ0n) is 70.4. The van der Waals surface area contributed by atoms with Gasteiger partial charge in [-0.15, -0.1) is 0 Å². The molecular weight excluding hydrogens is 1540 g/mol. The Kier molecular flexibility index (Phi) is 31.4. The molecule has 13 rings (SSSR count). The van der Waals surface area contributed by atoms with Crippen molar-refractivity contribution in [1.29, 1.82) is 0 Å². The maximum absolute atomic E-state index is 14.4. The van der Waals surface area contributed by atoms with Gasteiger partial charge in [0.25, 0.3) is 0 Å². The summed E-state index contributed by atoms with van der Waals surface area (Å²) in [4.78, 5) is 55.5. The van der Waals surface area contributed by atoms with Crippen molar-refractivity contribution in [3.63, 3.8) is 0 Å². The third kappa shape index (κ3) is 23.2. The number of benzene rings is 9. The highest BCUT2D eigenvalue weighted by atomic mass is 19.1. The van der Waals surface area contributed by atoms with E-state index in [-0.39, 0.29) is 80.4 Å². The molecule has 20 nitrogen and oxygen atoms in total. The normalized spacial score (nSPS) is 14.4. The molecule has 1 fully saturated rings. The summed E-state index contributed by atoms with van der Waals surface area (Å²) in [7, 11) is 15.3. The van der Waals surface area contributed by atoms with Crippen LogP contribution in [0.25, 0.3) is 51.7 Å². The monoisotopic (exact) mass is 1650 g/mol. The molecule has 0 saturated carbocycles. The van der Waals surface area contributed by atoms with Gasteiger partial charge in [-0.05, 0) is 263 Å². The number of fused-ring (bicyclic) bond motifs is 3. The Bertz CT molecular complexity index is 5330. The van der Waals surface area contributed by atoms with E-state index in [1.165, 1.54) is 64.8 Å². The number of esters is 1. The number of allylic oxidation sites excluding steroid dienone is 6. The number of hydrogen-bond acceptors (Lipinski definition) is 17. The minimum absolute atomic E-state index is 0.101. The third-order valence-electron chi connectivity index (χ3n) is 21.2. The van der Waals surface area contributed by atoms with Gasteiger partial charge in [0.15, 0.2) is 41.1 Å². The van der Waals surface area contributed by atoms with E-state index in [0.717, 1.165) is 138 Å². The van der Waals surface area contributed by atoms with E-state index in [2.05, 4.69) is 20.9 Å². The molecule has 1 heterocycles. The summed E-state index contributed by atoms with van der Waals surface area (Å²) in [5, 5.41) is 18.1. The molecule has 0 bridgehead atoms. The van der Waals surface area contributed by atoms with Crippen molar-refractivity contribution < 1.29 is 84.8 Å². The first kappa shape index (κ1) is 89.0. The number of aliphatic hydroxyl groups is 1. The number of likely N-dealkylation sites (N-methyl/N-ethyl adjacent to an activating group) is 1. The van der Waals surface area contributed by atoms with E-state index < -0.39 is 5.97 Å². The molecule has 1 saturated heterocycles. The fraction of sp³-hybridized carbons (Fsp3) is 0.286. The molecule has 1 aliphatic heterocycles. The third-order valence-corrected chi connectivity index (χ3v) is 21.2. The summed E-state index contributed by atoms with van der Waals surface area (Å²) in [5.41, 5.74) is 17.8. The molecule has 0 radical (unpaired) electrons. The van der Waals surface area contributed by atoms with Crippen molar-refractivity contribution in [1.82, 2.24) is 25.8 Å². The number of methoxy groups -OCH3 is 6. The number of rotatable bonds is 32. The lowest BCUT2D eigenvalue weighted by Crippen LogP contribution is -2.36. The highest BCUT2D eigenvalue weighted by Gasteiger charge is 2.31. The summed E-state index contributed by atoms with van der Waals surface area (Å²) >= 11 is 0. The van der Waals surface area contributed by atoms with E-state index >= 15 is 0 Å². The van der Waals surface area contributed by atoms with Gasteiger partial charge in [0, 0.05) is 39.3 Å². The first-order valence-electron chi connectivity index (χ1n) is 39.9. The van der Waals surface area contributed by atoms with Crippen LogP contribution in [-0.2, 0) is 43.5 Å². The fourth-order valence-corrected chi connectivity index (χ4v) is 14.8. The molecule has 3 aliphatic carbocycles. The lowest BCUT2D eigenvalue weighted by Gasteiger charge is -2.28. The van der Waals surface area contributed by atoms with Gasteiger partial charge in [-0.2, -0.15) is 0 Å². The number of halogens is 3. The van der Waals surface area contributed by atoms with E-state index in [1.807, 2.05) is 180 Å². The van der Waals surface area contributed by atoms with E-state index in [9.17, 15) is 32.3 Å².